The van der Waals surface area contributed by atoms with Crippen LogP contribution in [0.5, 0.6) is 0 Å². The molecule has 2 N–H and O–H groups in total. The molecule has 2 amide bonds. The second kappa shape index (κ2) is 9.08. The van der Waals surface area contributed by atoms with Gasteiger partial charge in [-0.2, -0.15) is 0 Å². The van der Waals surface area contributed by atoms with Crippen LogP contribution < -0.4 is 10.2 Å². The van der Waals surface area contributed by atoms with E-state index in [2.05, 4.69) is 22.3 Å². The molecule has 168 valence electrons. The van der Waals surface area contributed by atoms with Gasteiger partial charge in [-0.1, -0.05) is 66.7 Å². The molecule has 0 radical (unpaired) electrons. The van der Waals surface area contributed by atoms with E-state index in [1.54, 1.807) is 4.90 Å². The van der Waals surface area contributed by atoms with Crippen LogP contribution in [-0.2, 0) is 9.59 Å². The monoisotopic (exact) mass is 441 g/mol. The minimum atomic E-state index is -0.958. The van der Waals surface area contributed by atoms with E-state index in [-0.39, 0.29) is 11.8 Å². The molecule has 0 spiro atoms. The summed E-state index contributed by atoms with van der Waals surface area (Å²) in [6, 6.07) is 24.9. The highest BCUT2D eigenvalue weighted by molar-refractivity contribution is 5.98. The molecule has 6 heteroatoms. The van der Waals surface area contributed by atoms with Crippen LogP contribution in [0.2, 0.25) is 0 Å². The molecule has 0 bridgehead atoms. The fourth-order valence-corrected chi connectivity index (χ4v) is 4.92. The van der Waals surface area contributed by atoms with Crippen molar-refractivity contribution in [1.29, 1.82) is 0 Å². The van der Waals surface area contributed by atoms with E-state index in [9.17, 15) is 14.7 Å². The summed E-state index contributed by atoms with van der Waals surface area (Å²) in [5, 5.41) is 12.8. The lowest BCUT2D eigenvalue weighted by Gasteiger charge is -2.37. The van der Waals surface area contributed by atoms with Gasteiger partial charge in [-0.15, -0.1) is 0 Å². The van der Waals surface area contributed by atoms with Crippen LogP contribution in [0.1, 0.15) is 17.0 Å². The highest BCUT2D eigenvalue weighted by atomic mass is 16.3. The summed E-state index contributed by atoms with van der Waals surface area (Å²) >= 11 is 0. The Balaban J connectivity index is 1.28. The summed E-state index contributed by atoms with van der Waals surface area (Å²) in [6.45, 7) is 2.10. The first-order valence-electron chi connectivity index (χ1n) is 11.4. The van der Waals surface area contributed by atoms with Gasteiger partial charge in [0, 0.05) is 31.9 Å². The summed E-state index contributed by atoms with van der Waals surface area (Å²) in [6.07, 6.45) is 0. The molecule has 6 nitrogen and oxygen atoms in total. The molecule has 1 saturated heterocycles. The average Bonchev–Trinajstić information content (AvgIpc) is 3.22. The molecule has 33 heavy (non-hydrogen) atoms. The number of piperazine rings is 1. The van der Waals surface area contributed by atoms with Gasteiger partial charge in [0.15, 0.2) is 0 Å². The average molecular weight is 442 g/mol. The first-order valence-corrected chi connectivity index (χ1v) is 11.4. The van der Waals surface area contributed by atoms with Crippen molar-refractivity contribution in [3.05, 3.63) is 90.0 Å². The lowest BCUT2D eigenvalue weighted by molar-refractivity contribution is -0.138. The van der Waals surface area contributed by atoms with Gasteiger partial charge in [-0.25, -0.2) is 0 Å². The largest absolute Gasteiger partial charge is 0.394 e. The Kier molecular flexibility index (Phi) is 5.84. The Hall–Kier alpha value is -3.64. The first-order chi connectivity index (χ1) is 16.2. The number of nitrogens with one attached hydrogen (secondary N) is 1. The Morgan fingerprint density at radius 3 is 1.94 bits per heavy atom. The molecule has 2 aliphatic rings. The minimum absolute atomic E-state index is 0.238. The molecule has 1 aliphatic heterocycles. The van der Waals surface area contributed by atoms with Crippen molar-refractivity contribution in [3.63, 3.8) is 0 Å². The molecule has 1 aliphatic carbocycles. The Bertz CT molecular complexity index is 1110. The number of benzene rings is 3. The third kappa shape index (κ3) is 3.98. The third-order valence-electron chi connectivity index (χ3n) is 6.61. The molecular formula is C27H27N3O3. The van der Waals surface area contributed by atoms with E-state index < -0.39 is 18.6 Å². The number of nitrogens with zero attached hydrogens (tertiary/aromatic N) is 2. The van der Waals surface area contributed by atoms with E-state index in [1.165, 1.54) is 0 Å². The molecule has 1 atom stereocenters. The van der Waals surface area contributed by atoms with Crippen molar-refractivity contribution in [2.45, 2.75) is 12.0 Å². The molecule has 0 unspecified atom stereocenters. The Morgan fingerprint density at radius 1 is 0.818 bits per heavy atom. The van der Waals surface area contributed by atoms with Crippen molar-refractivity contribution >= 4 is 17.5 Å². The number of hydrogen-bond acceptors (Lipinski definition) is 4. The molecule has 0 aromatic heterocycles. The highest BCUT2D eigenvalue weighted by Crippen LogP contribution is 2.44. The van der Waals surface area contributed by atoms with E-state index in [0.29, 0.717) is 26.2 Å². The zero-order valence-corrected chi connectivity index (χ0v) is 18.4. The number of fused-ring (bicyclic) bond motifs is 3. The van der Waals surface area contributed by atoms with Gasteiger partial charge >= 0.3 is 0 Å². The van der Waals surface area contributed by atoms with Crippen LogP contribution in [0.25, 0.3) is 11.1 Å². The van der Waals surface area contributed by atoms with E-state index in [1.807, 2.05) is 66.7 Å². The van der Waals surface area contributed by atoms with Crippen LogP contribution in [-0.4, -0.2) is 60.6 Å². The molecule has 5 rings (SSSR count). The van der Waals surface area contributed by atoms with Crippen LogP contribution in [0.15, 0.2) is 78.9 Å². The van der Waals surface area contributed by atoms with E-state index in [4.69, 9.17) is 0 Å². The van der Waals surface area contributed by atoms with E-state index in [0.717, 1.165) is 27.9 Å². The lowest BCUT2D eigenvalue weighted by Crippen LogP contribution is -2.56. The van der Waals surface area contributed by atoms with Gasteiger partial charge in [0.2, 0.25) is 11.8 Å². The third-order valence-corrected chi connectivity index (χ3v) is 6.61. The Morgan fingerprint density at radius 2 is 1.36 bits per heavy atom. The molecule has 1 heterocycles. The molecular weight excluding hydrogens is 414 g/mol. The number of aliphatic hydroxyl groups excluding tert-OH is 1. The summed E-state index contributed by atoms with van der Waals surface area (Å²) in [7, 11) is 0. The smallest absolute Gasteiger partial charge is 0.247 e. The van der Waals surface area contributed by atoms with Crippen molar-refractivity contribution < 1.29 is 14.7 Å². The SMILES string of the molecule is O=C(N[C@@H](CO)C(=O)N1CCN(c2ccccc2)CC1)C1c2ccccc2-c2ccccc21. The second-order valence-corrected chi connectivity index (χ2v) is 8.50. The quantitative estimate of drug-likeness (QED) is 0.639. The number of para-hydroxylation sites is 1. The van der Waals surface area contributed by atoms with Crippen LogP contribution in [0.4, 0.5) is 5.69 Å². The van der Waals surface area contributed by atoms with Crippen LogP contribution >= 0.6 is 0 Å². The molecule has 3 aromatic carbocycles. The number of carbonyl (C=O) groups excluding carboxylic acids is 2. The number of aliphatic hydroxyl groups is 1. The van der Waals surface area contributed by atoms with Crippen molar-refractivity contribution in [2.75, 3.05) is 37.7 Å². The minimum Gasteiger partial charge on any atom is -0.394 e. The zero-order valence-electron chi connectivity index (χ0n) is 18.4. The predicted molar refractivity (Wildman–Crippen MR) is 128 cm³/mol. The van der Waals surface area contributed by atoms with Crippen LogP contribution in [0.3, 0.4) is 0 Å². The summed E-state index contributed by atoms with van der Waals surface area (Å²) in [5.74, 6) is -0.991. The highest BCUT2D eigenvalue weighted by Gasteiger charge is 2.36. The zero-order chi connectivity index (χ0) is 22.8. The standard InChI is InChI=1S/C27H27N3O3/c31-18-24(27(33)30-16-14-29(15-17-30)19-8-2-1-3-9-19)28-26(32)25-22-12-6-4-10-20(22)21-11-5-7-13-23(21)25/h1-13,24-25,31H,14-18H2,(H,28,32)/t24-/m0/s1. The molecule has 1 fully saturated rings. The first kappa shape index (κ1) is 21.2. The van der Waals surface area contributed by atoms with Gasteiger partial charge in [-0.3, -0.25) is 9.59 Å². The normalized spacial score (nSPS) is 16.2. The predicted octanol–water partition coefficient (Wildman–Crippen LogP) is 2.62. The van der Waals surface area contributed by atoms with Crippen molar-refractivity contribution in [3.8, 4) is 11.1 Å². The van der Waals surface area contributed by atoms with Gasteiger partial charge in [0.25, 0.3) is 0 Å². The summed E-state index contributed by atoms with van der Waals surface area (Å²) in [4.78, 5) is 30.5. The number of rotatable bonds is 5. The number of carbonyl (C=O) groups is 2. The molecule has 0 saturated carbocycles. The fourth-order valence-electron chi connectivity index (χ4n) is 4.92. The van der Waals surface area contributed by atoms with Crippen LogP contribution in [0, 0.1) is 0 Å². The van der Waals surface area contributed by atoms with E-state index >= 15 is 0 Å². The maximum atomic E-state index is 13.4. The lowest BCUT2D eigenvalue weighted by atomic mass is 9.95. The van der Waals surface area contributed by atoms with Gasteiger partial charge in [0.1, 0.15) is 6.04 Å². The Labute approximate surface area is 193 Å². The van der Waals surface area contributed by atoms with Gasteiger partial charge in [0.05, 0.1) is 12.5 Å². The van der Waals surface area contributed by atoms with Gasteiger partial charge in [-0.05, 0) is 34.4 Å². The fraction of sp³-hybridized carbons (Fsp3) is 0.259. The number of amides is 2. The topological polar surface area (TPSA) is 72.9 Å². The van der Waals surface area contributed by atoms with Crippen molar-refractivity contribution in [2.24, 2.45) is 0 Å². The second-order valence-electron chi connectivity index (χ2n) is 8.50. The van der Waals surface area contributed by atoms with Gasteiger partial charge < -0.3 is 20.2 Å². The van der Waals surface area contributed by atoms with Crippen molar-refractivity contribution in [1.82, 2.24) is 10.2 Å². The number of hydrogen-bond donors (Lipinski definition) is 2. The number of anilines is 1. The maximum Gasteiger partial charge on any atom is 0.247 e. The molecule has 3 aromatic rings. The summed E-state index contributed by atoms with van der Waals surface area (Å²) < 4.78 is 0. The summed E-state index contributed by atoms with van der Waals surface area (Å²) in [5.41, 5.74) is 5.07. The maximum absolute atomic E-state index is 13.4.